The molecule has 0 bridgehead atoms. The molecule has 6 nitrogen and oxygen atoms in total. The Morgan fingerprint density at radius 1 is 1.43 bits per heavy atom. The standard InChI is InChI=1S/C14H24N2O4S/c1-10(2)7-16-8-12(5-13(16)17)14(18)15-6-11-3-4-21(19,20)9-11/h10-12H,3-9H2,1-2H3,(H,15,18)/t11-,12-/m0/s1. The van der Waals surface area contributed by atoms with E-state index in [-0.39, 0.29) is 41.6 Å². The summed E-state index contributed by atoms with van der Waals surface area (Å²) < 4.78 is 22.7. The van der Waals surface area contributed by atoms with Crippen molar-refractivity contribution in [1.82, 2.24) is 10.2 Å². The molecule has 2 saturated heterocycles. The van der Waals surface area contributed by atoms with Gasteiger partial charge in [0.1, 0.15) is 0 Å². The highest BCUT2D eigenvalue weighted by Crippen LogP contribution is 2.20. The second-order valence-corrected chi connectivity index (χ2v) is 8.84. The third-order valence-electron chi connectivity index (χ3n) is 4.06. The van der Waals surface area contributed by atoms with Gasteiger partial charge < -0.3 is 10.2 Å². The molecule has 2 heterocycles. The van der Waals surface area contributed by atoms with E-state index < -0.39 is 9.84 Å². The van der Waals surface area contributed by atoms with Crippen LogP contribution < -0.4 is 5.32 Å². The first-order valence-electron chi connectivity index (χ1n) is 7.52. The highest BCUT2D eigenvalue weighted by atomic mass is 32.2. The van der Waals surface area contributed by atoms with E-state index in [9.17, 15) is 18.0 Å². The van der Waals surface area contributed by atoms with E-state index in [1.165, 1.54) is 0 Å². The number of nitrogens with one attached hydrogen (secondary N) is 1. The average molecular weight is 316 g/mol. The third kappa shape index (κ3) is 4.43. The fourth-order valence-corrected chi connectivity index (χ4v) is 4.85. The van der Waals surface area contributed by atoms with E-state index in [1.807, 2.05) is 13.8 Å². The van der Waals surface area contributed by atoms with Gasteiger partial charge in [0, 0.05) is 26.1 Å². The molecular weight excluding hydrogens is 292 g/mol. The summed E-state index contributed by atoms with van der Waals surface area (Å²) >= 11 is 0. The van der Waals surface area contributed by atoms with Crippen molar-refractivity contribution in [2.75, 3.05) is 31.1 Å². The van der Waals surface area contributed by atoms with Gasteiger partial charge in [0.25, 0.3) is 0 Å². The van der Waals surface area contributed by atoms with Crippen molar-refractivity contribution in [3.05, 3.63) is 0 Å². The molecule has 2 aliphatic heterocycles. The Bertz CT molecular complexity index is 515. The highest BCUT2D eigenvalue weighted by Gasteiger charge is 2.35. The molecule has 2 fully saturated rings. The van der Waals surface area contributed by atoms with Crippen LogP contribution in [-0.2, 0) is 19.4 Å². The van der Waals surface area contributed by atoms with Crippen LogP contribution in [0.5, 0.6) is 0 Å². The monoisotopic (exact) mass is 316 g/mol. The van der Waals surface area contributed by atoms with Gasteiger partial charge in [0.2, 0.25) is 11.8 Å². The Balaban J connectivity index is 1.78. The molecule has 0 unspecified atom stereocenters. The molecule has 0 saturated carbocycles. The Labute approximate surface area is 126 Å². The summed E-state index contributed by atoms with van der Waals surface area (Å²) in [7, 11) is -2.91. The summed E-state index contributed by atoms with van der Waals surface area (Å²) in [6.07, 6.45) is 0.882. The zero-order valence-electron chi connectivity index (χ0n) is 12.7. The van der Waals surface area contributed by atoms with Crippen molar-refractivity contribution >= 4 is 21.7 Å². The molecule has 2 amide bonds. The molecule has 1 N–H and O–H groups in total. The predicted molar refractivity (Wildman–Crippen MR) is 79.3 cm³/mol. The maximum Gasteiger partial charge on any atom is 0.225 e. The molecular formula is C14H24N2O4S. The summed E-state index contributed by atoms with van der Waals surface area (Å²) in [4.78, 5) is 25.7. The lowest BCUT2D eigenvalue weighted by Gasteiger charge is -2.19. The summed E-state index contributed by atoms with van der Waals surface area (Å²) in [6, 6.07) is 0. The number of amides is 2. The maximum atomic E-state index is 12.1. The normalized spacial score (nSPS) is 28.3. The summed E-state index contributed by atoms with van der Waals surface area (Å²) in [5.41, 5.74) is 0. The first kappa shape index (κ1) is 16.3. The van der Waals surface area contributed by atoms with Crippen LogP contribution >= 0.6 is 0 Å². The first-order chi connectivity index (χ1) is 9.77. The number of rotatable bonds is 5. The third-order valence-corrected chi connectivity index (χ3v) is 5.90. The number of carbonyl (C=O) groups excluding carboxylic acids is 2. The predicted octanol–water partition coefficient (Wildman–Crippen LogP) is 0.0418. The lowest BCUT2D eigenvalue weighted by atomic mass is 10.1. The van der Waals surface area contributed by atoms with Crippen molar-refractivity contribution in [2.24, 2.45) is 17.8 Å². The number of sulfone groups is 1. The van der Waals surface area contributed by atoms with Crippen molar-refractivity contribution in [3.8, 4) is 0 Å². The van der Waals surface area contributed by atoms with E-state index in [2.05, 4.69) is 5.32 Å². The van der Waals surface area contributed by atoms with Gasteiger partial charge in [-0.15, -0.1) is 0 Å². The Morgan fingerprint density at radius 3 is 2.71 bits per heavy atom. The van der Waals surface area contributed by atoms with Gasteiger partial charge in [0.05, 0.1) is 17.4 Å². The van der Waals surface area contributed by atoms with Crippen LogP contribution in [0.3, 0.4) is 0 Å². The Hall–Kier alpha value is -1.11. The van der Waals surface area contributed by atoms with E-state index in [0.717, 1.165) is 0 Å². The molecule has 0 aromatic heterocycles. The molecule has 0 radical (unpaired) electrons. The van der Waals surface area contributed by atoms with E-state index in [4.69, 9.17) is 0 Å². The molecule has 0 aromatic carbocycles. The number of hydrogen-bond acceptors (Lipinski definition) is 4. The zero-order chi connectivity index (χ0) is 15.6. The average Bonchev–Trinajstić information content (AvgIpc) is 2.90. The van der Waals surface area contributed by atoms with Crippen molar-refractivity contribution in [1.29, 1.82) is 0 Å². The summed E-state index contributed by atoms with van der Waals surface area (Å²) in [5.74, 6) is 0.399. The molecule has 2 atom stereocenters. The lowest BCUT2D eigenvalue weighted by molar-refractivity contribution is -0.129. The summed E-state index contributed by atoms with van der Waals surface area (Å²) in [6.45, 7) is 5.64. The molecule has 0 spiro atoms. The molecule has 0 aliphatic carbocycles. The van der Waals surface area contributed by atoms with Crippen LogP contribution in [0, 0.1) is 17.8 Å². The quantitative estimate of drug-likeness (QED) is 0.776. The topological polar surface area (TPSA) is 83.6 Å². The minimum atomic E-state index is -2.91. The van der Waals surface area contributed by atoms with Crippen LogP contribution in [-0.4, -0.2) is 56.3 Å². The maximum absolute atomic E-state index is 12.1. The molecule has 21 heavy (non-hydrogen) atoms. The van der Waals surface area contributed by atoms with Crippen LogP contribution in [0.2, 0.25) is 0 Å². The molecule has 0 aromatic rings. The van der Waals surface area contributed by atoms with E-state index in [1.54, 1.807) is 4.90 Å². The van der Waals surface area contributed by atoms with Crippen LogP contribution in [0.1, 0.15) is 26.7 Å². The molecule has 120 valence electrons. The summed E-state index contributed by atoms with van der Waals surface area (Å²) in [5, 5.41) is 2.82. The first-order valence-corrected chi connectivity index (χ1v) is 9.35. The smallest absolute Gasteiger partial charge is 0.225 e. The second-order valence-electron chi connectivity index (χ2n) is 6.61. The molecule has 7 heteroatoms. The fourth-order valence-electron chi connectivity index (χ4n) is 2.99. The van der Waals surface area contributed by atoms with Gasteiger partial charge in [-0.05, 0) is 18.3 Å². The van der Waals surface area contributed by atoms with Crippen molar-refractivity contribution in [3.63, 3.8) is 0 Å². The van der Waals surface area contributed by atoms with Crippen molar-refractivity contribution < 1.29 is 18.0 Å². The van der Waals surface area contributed by atoms with Gasteiger partial charge in [-0.25, -0.2) is 8.42 Å². The minimum absolute atomic E-state index is 0.0165. The van der Waals surface area contributed by atoms with Crippen LogP contribution in [0.4, 0.5) is 0 Å². The Morgan fingerprint density at radius 2 is 2.14 bits per heavy atom. The van der Waals surface area contributed by atoms with Gasteiger partial charge in [-0.3, -0.25) is 9.59 Å². The van der Waals surface area contributed by atoms with Gasteiger partial charge >= 0.3 is 0 Å². The van der Waals surface area contributed by atoms with Gasteiger partial charge in [0.15, 0.2) is 9.84 Å². The number of nitrogens with zero attached hydrogens (tertiary/aromatic N) is 1. The van der Waals surface area contributed by atoms with Gasteiger partial charge in [-0.1, -0.05) is 13.8 Å². The fraction of sp³-hybridized carbons (Fsp3) is 0.857. The SMILES string of the molecule is CC(C)CN1C[C@@H](C(=O)NC[C@@H]2CCS(=O)(=O)C2)CC1=O. The lowest BCUT2D eigenvalue weighted by Crippen LogP contribution is -2.36. The molecule has 2 aliphatic rings. The van der Waals surface area contributed by atoms with Gasteiger partial charge in [-0.2, -0.15) is 0 Å². The second kappa shape index (κ2) is 6.34. The van der Waals surface area contributed by atoms with E-state index in [0.29, 0.717) is 32.0 Å². The van der Waals surface area contributed by atoms with Crippen molar-refractivity contribution in [2.45, 2.75) is 26.7 Å². The number of carbonyl (C=O) groups is 2. The Kier molecular flexibility index (Phi) is 4.91. The zero-order valence-corrected chi connectivity index (χ0v) is 13.5. The van der Waals surface area contributed by atoms with Crippen LogP contribution in [0.25, 0.3) is 0 Å². The van der Waals surface area contributed by atoms with Crippen LogP contribution in [0.15, 0.2) is 0 Å². The number of likely N-dealkylation sites (tertiary alicyclic amines) is 1. The largest absolute Gasteiger partial charge is 0.355 e. The molecule has 2 rings (SSSR count). The van der Waals surface area contributed by atoms with E-state index >= 15 is 0 Å². The number of hydrogen-bond donors (Lipinski definition) is 1. The highest BCUT2D eigenvalue weighted by molar-refractivity contribution is 7.91. The minimum Gasteiger partial charge on any atom is -0.355 e.